The van der Waals surface area contributed by atoms with Crippen LogP contribution in [-0.4, -0.2) is 25.0 Å². The van der Waals surface area contributed by atoms with Crippen LogP contribution in [-0.2, 0) is 16.8 Å². The van der Waals surface area contributed by atoms with Gasteiger partial charge in [-0.1, -0.05) is 6.92 Å². The molecule has 2 heterocycles. The number of hydrogen-bond donors (Lipinski definition) is 0. The van der Waals surface area contributed by atoms with Crippen LogP contribution < -0.4 is 4.74 Å². The van der Waals surface area contributed by atoms with Gasteiger partial charge in [-0.3, -0.25) is 4.79 Å². The molecule has 1 saturated carbocycles. The van der Waals surface area contributed by atoms with Gasteiger partial charge in [0.05, 0.1) is 5.92 Å². The Kier molecular flexibility index (Phi) is 2.60. The largest absolute Gasteiger partial charge is 0.461 e. The number of carbonyl (C=O) groups is 1. The fraction of sp³-hybridized carbons (Fsp3) is 0.500. The van der Waals surface area contributed by atoms with Crippen molar-refractivity contribution in [3.63, 3.8) is 0 Å². The summed E-state index contributed by atoms with van der Waals surface area (Å²) in [6, 6.07) is 2.19. The highest BCUT2D eigenvalue weighted by Crippen LogP contribution is 2.61. The van der Waals surface area contributed by atoms with E-state index in [-0.39, 0.29) is 17.3 Å². The van der Waals surface area contributed by atoms with Gasteiger partial charge in [-0.15, -0.1) is 0 Å². The fourth-order valence-electron chi connectivity index (χ4n) is 3.79. The third-order valence-corrected chi connectivity index (χ3v) is 5.28. The summed E-state index contributed by atoms with van der Waals surface area (Å²) in [4.78, 5) is 14.2. The maximum absolute atomic E-state index is 12.1. The molecule has 4 rings (SSSR count). The first-order chi connectivity index (χ1) is 10.3. The van der Waals surface area contributed by atoms with Gasteiger partial charge >= 0.3 is 5.97 Å². The van der Waals surface area contributed by atoms with E-state index in [1.54, 1.807) is 0 Å². The normalized spacial score (nSPS) is 26.1. The molecule has 0 radical (unpaired) electrons. The molecular weight excluding hydrogens is 278 g/mol. The van der Waals surface area contributed by atoms with Crippen LogP contribution in [0.15, 0.2) is 10.5 Å². The molecular formula is C18H21NO3. The lowest BCUT2D eigenvalue weighted by Crippen LogP contribution is -2.24. The van der Waals surface area contributed by atoms with E-state index in [0.717, 1.165) is 41.0 Å². The summed E-state index contributed by atoms with van der Waals surface area (Å²) in [6.45, 7) is 7.01. The molecule has 1 fully saturated rings. The first-order valence-electron chi connectivity index (χ1n) is 7.75. The smallest absolute Gasteiger partial charge is 0.315 e. The van der Waals surface area contributed by atoms with Crippen molar-refractivity contribution in [3.05, 3.63) is 28.5 Å². The zero-order valence-corrected chi connectivity index (χ0v) is 13.7. The minimum absolute atomic E-state index is 0.0298. The zero-order chi connectivity index (χ0) is 15.8. The molecule has 1 aliphatic carbocycles. The summed E-state index contributed by atoms with van der Waals surface area (Å²) in [5, 5.41) is 1.16. The highest BCUT2D eigenvalue weighted by Gasteiger charge is 2.61. The highest BCUT2D eigenvalue weighted by molar-refractivity contribution is 5.93. The van der Waals surface area contributed by atoms with Crippen LogP contribution in [0.4, 0.5) is 0 Å². The average molecular weight is 299 g/mol. The van der Waals surface area contributed by atoms with Gasteiger partial charge in [0, 0.05) is 34.0 Å². The highest BCUT2D eigenvalue weighted by atomic mass is 16.5. The lowest BCUT2D eigenvalue weighted by Gasteiger charge is -2.23. The number of esters is 1. The van der Waals surface area contributed by atoms with E-state index in [4.69, 9.17) is 9.15 Å². The predicted octanol–water partition coefficient (Wildman–Crippen LogP) is 3.31. The minimum Gasteiger partial charge on any atom is -0.461 e. The summed E-state index contributed by atoms with van der Waals surface area (Å²) in [6.07, 6.45) is 0.892. The molecule has 2 unspecified atom stereocenters. The summed E-state index contributed by atoms with van der Waals surface area (Å²) in [5.74, 6) is 1.60. The predicted molar refractivity (Wildman–Crippen MR) is 84.2 cm³/mol. The minimum atomic E-state index is -0.0887. The average Bonchev–Trinajstić information content (AvgIpc) is 3.05. The van der Waals surface area contributed by atoms with Crippen molar-refractivity contribution in [1.29, 1.82) is 0 Å². The molecule has 4 heteroatoms. The van der Waals surface area contributed by atoms with Crippen LogP contribution in [0, 0.1) is 19.8 Å². The van der Waals surface area contributed by atoms with Crippen LogP contribution in [0.1, 0.15) is 35.8 Å². The molecule has 2 atom stereocenters. The van der Waals surface area contributed by atoms with Crippen LogP contribution in [0.25, 0.3) is 11.0 Å². The van der Waals surface area contributed by atoms with Crippen molar-refractivity contribution in [2.45, 2.75) is 39.2 Å². The number of benzene rings is 1. The standard InChI is InChI=1S/C18H21NO3/c1-9-15-11(12(8-19(4)5)10(2)21-15)6-13-16(9)22-17(20)14-7-18(13,14)3/h6,14H,7-8H2,1-5H3. The Hall–Kier alpha value is -1.81. The van der Waals surface area contributed by atoms with Gasteiger partial charge in [-0.2, -0.15) is 0 Å². The van der Waals surface area contributed by atoms with Gasteiger partial charge in [0.15, 0.2) is 0 Å². The molecule has 0 N–H and O–H groups in total. The van der Waals surface area contributed by atoms with Crippen molar-refractivity contribution in [2.75, 3.05) is 14.1 Å². The van der Waals surface area contributed by atoms with E-state index >= 15 is 0 Å². The summed E-state index contributed by atoms with van der Waals surface area (Å²) in [5.41, 5.74) is 4.14. The molecule has 1 aliphatic heterocycles. The number of nitrogens with zero attached hydrogens (tertiary/aromatic N) is 1. The Morgan fingerprint density at radius 1 is 1.36 bits per heavy atom. The van der Waals surface area contributed by atoms with Crippen molar-refractivity contribution in [1.82, 2.24) is 4.90 Å². The maximum Gasteiger partial charge on any atom is 0.315 e. The Balaban J connectivity index is 2.00. The SMILES string of the molecule is Cc1oc2c(C)c3c(cc2c1CN(C)C)C1(C)CC1C(=O)O3. The van der Waals surface area contributed by atoms with E-state index < -0.39 is 0 Å². The number of carbonyl (C=O) groups excluding carboxylic acids is 1. The molecule has 0 spiro atoms. The van der Waals surface area contributed by atoms with Crippen molar-refractivity contribution in [2.24, 2.45) is 5.92 Å². The Bertz CT molecular complexity index is 818. The molecule has 116 valence electrons. The molecule has 2 aromatic rings. The van der Waals surface area contributed by atoms with Crippen molar-refractivity contribution < 1.29 is 13.9 Å². The molecule has 0 bridgehead atoms. The quantitative estimate of drug-likeness (QED) is 0.630. The number of rotatable bonds is 2. The molecule has 1 aromatic carbocycles. The Labute approximate surface area is 130 Å². The third-order valence-electron chi connectivity index (χ3n) is 5.28. The number of hydrogen-bond acceptors (Lipinski definition) is 4. The van der Waals surface area contributed by atoms with Crippen molar-refractivity contribution in [3.8, 4) is 5.75 Å². The van der Waals surface area contributed by atoms with E-state index in [1.165, 1.54) is 11.1 Å². The number of aryl methyl sites for hydroxylation is 2. The van der Waals surface area contributed by atoms with Gasteiger partial charge in [0.2, 0.25) is 0 Å². The molecule has 1 aromatic heterocycles. The topological polar surface area (TPSA) is 42.7 Å². The summed E-state index contributed by atoms with van der Waals surface area (Å²) < 4.78 is 11.6. The van der Waals surface area contributed by atoms with Gasteiger partial charge < -0.3 is 14.1 Å². The van der Waals surface area contributed by atoms with E-state index in [0.29, 0.717) is 0 Å². The second-order valence-electron chi connectivity index (χ2n) is 7.22. The van der Waals surface area contributed by atoms with Crippen LogP contribution in [0.5, 0.6) is 5.75 Å². The molecule has 22 heavy (non-hydrogen) atoms. The number of fused-ring (bicyclic) bond motifs is 4. The van der Waals surface area contributed by atoms with E-state index in [1.807, 2.05) is 13.8 Å². The number of ether oxygens (including phenoxy) is 1. The van der Waals surface area contributed by atoms with Crippen LogP contribution in [0.3, 0.4) is 0 Å². The van der Waals surface area contributed by atoms with E-state index in [2.05, 4.69) is 32.0 Å². The second kappa shape index (κ2) is 4.13. The monoisotopic (exact) mass is 299 g/mol. The third kappa shape index (κ3) is 1.64. The maximum atomic E-state index is 12.1. The van der Waals surface area contributed by atoms with Gasteiger partial charge in [-0.05, 0) is 40.4 Å². The van der Waals surface area contributed by atoms with Gasteiger partial charge in [0.25, 0.3) is 0 Å². The summed E-state index contributed by atoms with van der Waals surface area (Å²) >= 11 is 0. The fourth-order valence-corrected chi connectivity index (χ4v) is 3.79. The Morgan fingerprint density at radius 2 is 2.09 bits per heavy atom. The number of furan rings is 1. The molecule has 4 nitrogen and oxygen atoms in total. The summed E-state index contributed by atoms with van der Waals surface area (Å²) in [7, 11) is 4.12. The zero-order valence-electron chi connectivity index (χ0n) is 13.7. The lowest BCUT2D eigenvalue weighted by atomic mass is 9.89. The van der Waals surface area contributed by atoms with Crippen LogP contribution in [0.2, 0.25) is 0 Å². The first-order valence-corrected chi connectivity index (χ1v) is 7.75. The van der Waals surface area contributed by atoms with Crippen LogP contribution >= 0.6 is 0 Å². The molecule has 0 saturated heterocycles. The molecule has 0 amide bonds. The van der Waals surface area contributed by atoms with Gasteiger partial charge in [0.1, 0.15) is 17.1 Å². The Morgan fingerprint density at radius 3 is 2.77 bits per heavy atom. The first kappa shape index (κ1) is 13.8. The van der Waals surface area contributed by atoms with Gasteiger partial charge in [-0.25, -0.2) is 0 Å². The lowest BCUT2D eigenvalue weighted by molar-refractivity contribution is -0.137. The van der Waals surface area contributed by atoms with E-state index in [9.17, 15) is 4.79 Å². The second-order valence-corrected chi connectivity index (χ2v) is 7.22. The van der Waals surface area contributed by atoms with Crippen molar-refractivity contribution >= 4 is 16.9 Å². The molecule has 2 aliphatic rings.